The molecule has 8 nitrogen and oxygen atoms in total. The number of nitrogens with one attached hydrogen (secondary N) is 1. The van der Waals surface area contributed by atoms with Gasteiger partial charge in [-0.2, -0.15) is 5.10 Å². The molecule has 0 bridgehead atoms. The minimum absolute atomic E-state index is 0.00434. The van der Waals surface area contributed by atoms with Crippen molar-refractivity contribution in [3.05, 3.63) is 51.4 Å². The summed E-state index contributed by atoms with van der Waals surface area (Å²) in [6.45, 7) is 4.75. The van der Waals surface area contributed by atoms with E-state index < -0.39 is 21.2 Å². The van der Waals surface area contributed by atoms with Crippen LogP contribution in [0.25, 0.3) is 0 Å². The first-order valence-corrected chi connectivity index (χ1v) is 11.7. The highest BCUT2D eigenvalue weighted by molar-refractivity contribution is 7.98. The second-order valence-corrected chi connectivity index (χ2v) is 10.0. The highest BCUT2D eigenvalue weighted by Crippen LogP contribution is 2.24. The van der Waals surface area contributed by atoms with Crippen LogP contribution in [0.4, 0.5) is 5.69 Å². The molecule has 0 aliphatic carbocycles. The molecule has 2 heterocycles. The average Bonchev–Trinajstić information content (AvgIpc) is 2.92. The van der Waals surface area contributed by atoms with Crippen LogP contribution in [0.15, 0.2) is 40.2 Å². The Hall–Kier alpha value is -2.20. The highest BCUT2D eigenvalue weighted by atomic mass is 35.5. The quantitative estimate of drug-likeness (QED) is 0.695. The van der Waals surface area contributed by atoms with Crippen LogP contribution in [-0.2, 0) is 21.0 Å². The number of carbonyl (C=O) groups is 1. The van der Waals surface area contributed by atoms with Gasteiger partial charge in [0.1, 0.15) is 11.6 Å². The van der Waals surface area contributed by atoms with Gasteiger partial charge in [-0.3, -0.25) is 9.59 Å². The largest absolute Gasteiger partial charge is 0.324 e. The van der Waals surface area contributed by atoms with Crippen molar-refractivity contribution in [2.75, 3.05) is 38.5 Å². The van der Waals surface area contributed by atoms with Gasteiger partial charge in [0.05, 0.1) is 9.71 Å². The number of hydrogen-bond acceptors (Lipinski definition) is 5. The van der Waals surface area contributed by atoms with Crippen molar-refractivity contribution in [1.82, 2.24) is 19.0 Å². The van der Waals surface area contributed by atoms with Crippen LogP contribution in [0.2, 0.25) is 5.02 Å². The van der Waals surface area contributed by atoms with Crippen LogP contribution in [0, 0.1) is 6.92 Å². The van der Waals surface area contributed by atoms with Gasteiger partial charge in [-0.15, -0.1) is 0 Å². The monoisotopic (exact) mass is 451 g/mol. The van der Waals surface area contributed by atoms with Crippen molar-refractivity contribution in [2.24, 2.45) is 0 Å². The van der Waals surface area contributed by atoms with Crippen LogP contribution in [-0.4, -0.2) is 68.2 Å². The molecule has 1 aliphatic heterocycles. The molecule has 30 heavy (non-hydrogen) atoms. The molecule has 1 aromatic carbocycles. The van der Waals surface area contributed by atoms with Crippen molar-refractivity contribution in [2.45, 2.75) is 24.8 Å². The molecule has 1 aromatic heterocycles. The van der Waals surface area contributed by atoms with Gasteiger partial charge in [-0.05, 0) is 56.6 Å². The van der Waals surface area contributed by atoms with Gasteiger partial charge in [0.25, 0.3) is 5.56 Å². The molecular weight excluding hydrogens is 426 g/mol. The lowest BCUT2D eigenvalue weighted by Gasteiger charge is -2.26. The van der Waals surface area contributed by atoms with Crippen LogP contribution in [0.3, 0.4) is 0 Å². The van der Waals surface area contributed by atoms with E-state index in [0.29, 0.717) is 23.7 Å². The Morgan fingerprint density at radius 3 is 2.80 bits per heavy atom. The molecule has 3 rings (SSSR count). The predicted molar refractivity (Wildman–Crippen MR) is 121 cm³/mol. The molecule has 1 fully saturated rings. The Bertz CT molecular complexity index is 1100. The van der Waals surface area contributed by atoms with E-state index in [4.69, 9.17) is 11.6 Å². The summed E-state index contributed by atoms with van der Waals surface area (Å²) in [6.07, 6.45) is 2.28. The number of aryl methyl sites for hydroxylation is 1. The lowest BCUT2D eigenvalue weighted by Crippen LogP contribution is -2.34. The molecule has 1 N–H and O–H groups in total. The summed E-state index contributed by atoms with van der Waals surface area (Å²) < 4.78 is 16.6. The van der Waals surface area contributed by atoms with Gasteiger partial charge >= 0.3 is 0 Å². The zero-order valence-electron chi connectivity index (χ0n) is 17.1. The first kappa shape index (κ1) is 22.5. The van der Waals surface area contributed by atoms with Gasteiger partial charge in [0.15, 0.2) is 0 Å². The van der Waals surface area contributed by atoms with E-state index in [1.807, 2.05) is 17.3 Å². The summed E-state index contributed by atoms with van der Waals surface area (Å²) in [6, 6.07) is 6.61. The maximum absolute atomic E-state index is 13.6. The van der Waals surface area contributed by atoms with E-state index in [1.54, 1.807) is 12.1 Å². The third-order valence-corrected chi connectivity index (χ3v) is 7.68. The third-order valence-electron chi connectivity index (χ3n) is 5.07. The van der Waals surface area contributed by atoms with Crippen molar-refractivity contribution in [3.8, 4) is 0 Å². The molecule has 1 atom stereocenters. The molecular formula is C20H26ClN5O3S. The normalized spacial score (nSPS) is 17.8. The summed E-state index contributed by atoms with van der Waals surface area (Å²) in [5, 5.41) is 6.59. The van der Waals surface area contributed by atoms with Crippen LogP contribution < -0.4 is 10.9 Å². The fourth-order valence-corrected chi connectivity index (χ4v) is 5.47. The number of rotatable bonds is 5. The number of hydrogen-bond donors (Lipinski definition) is 1. The van der Waals surface area contributed by atoms with E-state index in [1.165, 1.54) is 12.3 Å². The summed E-state index contributed by atoms with van der Waals surface area (Å²) >= 11 is 5.79. The highest BCUT2D eigenvalue weighted by Gasteiger charge is 2.23. The lowest BCUT2D eigenvalue weighted by atomic mass is 10.2. The Labute approximate surface area is 181 Å². The fourth-order valence-electron chi connectivity index (χ4n) is 3.35. The van der Waals surface area contributed by atoms with E-state index in [9.17, 15) is 13.8 Å². The summed E-state index contributed by atoms with van der Waals surface area (Å²) in [5.41, 5.74) is 0.795. The van der Waals surface area contributed by atoms with E-state index in [0.717, 1.165) is 29.8 Å². The third kappa shape index (κ3) is 5.10. The minimum Gasteiger partial charge on any atom is -0.324 e. The molecule has 162 valence electrons. The van der Waals surface area contributed by atoms with Crippen LogP contribution >= 0.6 is 11.6 Å². The van der Waals surface area contributed by atoms with Gasteiger partial charge in [-0.1, -0.05) is 17.7 Å². The maximum atomic E-state index is 13.6. The van der Waals surface area contributed by atoms with Gasteiger partial charge in [0.2, 0.25) is 5.91 Å². The number of halogens is 1. The molecule has 10 heteroatoms. The number of nitrogens with zero attached hydrogens (tertiary/aromatic N) is 4. The molecule has 0 spiro atoms. The number of amides is 1. The summed E-state index contributed by atoms with van der Waals surface area (Å²) in [7, 11) is -0.647. The lowest BCUT2D eigenvalue weighted by molar-refractivity contribution is -0.117. The first-order chi connectivity index (χ1) is 14.2. The second kappa shape index (κ2) is 9.30. The predicted octanol–water partition coefficient (Wildman–Crippen LogP) is 1.47. The summed E-state index contributed by atoms with van der Waals surface area (Å²) in [5.74, 6) is 3.62. The zero-order valence-corrected chi connectivity index (χ0v) is 18.7. The van der Waals surface area contributed by atoms with Gasteiger partial charge in [-0.25, -0.2) is 13.2 Å². The van der Waals surface area contributed by atoms with Crippen LogP contribution in [0.5, 0.6) is 0 Å². The molecule has 1 unspecified atom stereocenters. The van der Waals surface area contributed by atoms with Crippen molar-refractivity contribution >= 4 is 38.8 Å². The van der Waals surface area contributed by atoms with Crippen molar-refractivity contribution in [1.29, 1.82) is 0 Å². The number of benzene rings is 1. The Balaban J connectivity index is 1.80. The minimum atomic E-state index is -2.70. The maximum Gasteiger partial charge on any atom is 0.285 e. The number of carbonyl (C=O) groups excluding carboxylic acids is 1. The Morgan fingerprint density at radius 1 is 1.27 bits per heavy atom. The van der Waals surface area contributed by atoms with Crippen molar-refractivity contribution < 1.29 is 9.00 Å². The average molecular weight is 452 g/mol. The van der Waals surface area contributed by atoms with E-state index in [-0.39, 0.29) is 11.6 Å². The Morgan fingerprint density at radius 2 is 2.03 bits per heavy atom. The first-order valence-electron chi connectivity index (χ1n) is 9.61. The van der Waals surface area contributed by atoms with E-state index >= 15 is 0 Å². The van der Waals surface area contributed by atoms with Gasteiger partial charge < -0.3 is 10.2 Å². The van der Waals surface area contributed by atoms with Gasteiger partial charge in [0, 0.05) is 36.4 Å². The molecule has 0 saturated carbocycles. The number of anilines is 1. The van der Waals surface area contributed by atoms with Crippen molar-refractivity contribution in [3.63, 3.8) is 0 Å². The number of likely N-dealkylation sites (N-methyl/N-ethyl adjacent to an activating group) is 1. The standard InChI is InChI=1S/C20H26ClN5O3S/c1-15-5-6-16(23-19(27)14-26-20(28)17(21)7-8-22-26)13-18(15)30(3,29)25-10-4-9-24(2)11-12-25/h5-8,13H,3-4,9-12,14H2,1-2H3,(H,23,27). The SMILES string of the molecule is C=S(=O)(c1cc(NC(=O)Cn2nccc(Cl)c2=O)ccc1C)N1CCCN(C)CC1. The zero-order chi connectivity index (χ0) is 21.9. The fraction of sp³-hybridized carbons (Fsp3) is 0.400. The van der Waals surface area contributed by atoms with E-state index in [2.05, 4.69) is 28.2 Å². The number of aromatic nitrogens is 2. The molecule has 2 aromatic rings. The Kier molecular flexibility index (Phi) is 6.97. The topological polar surface area (TPSA) is 87.5 Å². The second-order valence-electron chi connectivity index (χ2n) is 7.40. The summed E-state index contributed by atoms with van der Waals surface area (Å²) in [4.78, 5) is 27.2. The molecule has 1 aliphatic rings. The smallest absolute Gasteiger partial charge is 0.285 e. The molecule has 0 radical (unpaired) electrons. The van der Waals surface area contributed by atoms with Crippen LogP contribution in [0.1, 0.15) is 12.0 Å². The molecule has 1 saturated heterocycles. The molecule has 1 amide bonds.